The lowest BCUT2D eigenvalue weighted by Crippen LogP contribution is -2.36. The van der Waals surface area contributed by atoms with Gasteiger partial charge in [-0.15, -0.1) is 11.8 Å². The summed E-state index contributed by atoms with van der Waals surface area (Å²) in [6.45, 7) is 2.34. The number of para-hydroxylation sites is 2. The fraction of sp³-hybridized carbons (Fsp3) is 0.167. The number of hydrogen-bond acceptors (Lipinski definition) is 3. The van der Waals surface area contributed by atoms with Gasteiger partial charge in [-0.1, -0.05) is 66.7 Å². The molecule has 2 amide bonds. The normalized spacial score (nSPS) is 11.5. The summed E-state index contributed by atoms with van der Waals surface area (Å²) in [4.78, 5) is 27.2. The summed E-state index contributed by atoms with van der Waals surface area (Å²) >= 11 is 1.34. The summed E-state index contributed by atoms with van der Waals surface area (Å²) in [5.41, 5.74) is 2.67. The number of carbonyl (C=O) groups is 2. The number of hydrogen-bond donors (Lipinski definition) is 1. The number of benzene rings is 3. The minimum absolute atomic E-state index is 0.0161. The van der Waals surface area contributed by atoms with E-state index < -0.39 is 0 Å². The fourth-order valence-corrected chi connectivity index (χ4v) is 3.62. The predicted molar refractivity (Wildman–Crippen MR) is 121 cm³/mol. The van der Waals surface area contributed by atoms with Crippen molar-refractivity contribution in [3.8, 4) is 0 Å². The van der Waals surface area contributed by atoms with Crippen molar-refractivity contribution in [2.75, 3.05) is 16.0 Å². The molecule has 1 N–H and O–H groups in total. The lowest BCUT2D eigenvalue weighted by molar-refractivity contribution is -0.118. The van der Waals surface area contributed by atoms with Gasteiger partial charge in [0.15, 0.2) is 0 Å². The molecule has 4 nitrogen and oxygen atoms in total. The highest BCUT2D eigenvalue weighted by Crippen LogP contribution is 2.22. The molecule has 3 rings (SSSR count). The molecule has 0 saturated carbocycles. The Bertz CT molecular complexity index is 917. The van der Waals surface area contributed by atoms with Crippen molar-refractivity contribution in [3.05, 3.63) is 96.6 Å². The molecular formula is C24H24N2O2S. The van der Waals surface area contributed by atoms with Gasteiger partial charge in [-0.05, 0) is 36.8 Å². The molecule has 1 atom stereocenters. The Kier molecular flexibility index (Phi) is 7.47. The molecule has 0 heterocycles. The number of nitrogens with zero attached hydrogens (tertiary/aromatic N) is 1. The maximum absolute atomic E-state index is 13.2. The van der Waals surface area contributed by atoms with Gasteiger partial charge in [0.1, 0.15) is 0 Å². The van der Waals surface area contributed by atoms with Crippen LogP contribution >= 0.6 is 11.8 Å². The molecule has 0 aliphatic heterocycles. The summed E-state index contributed by atoms with van der Waals surface area (Å²) in [5, 5.41) is 2.51. The first-order valence-corrected chi connectivity index (χ1v) is 10.6. The molecular weight excluding hydrogens is 380 g/mol. The molecule has 3 aromatic carbocycles. The van der Waals surface area contributed by atoms with Crippen LogP contribution in [0.1, 0.15) is 12.5 Å². The Labute approximate surface area is 175 Å². The number of rotatable bonds is 8. The summed E-state index contributed by atoms with van der Waals surface area (Å²) < 4.78 is 0. The average Bonchev–Trinajstić information content (AvgIpc) is 2.77. The first-order valence-electron chi connectivity index (χ1n) is 9.50. The SMILES string of the molecule is CC(SCC(=O)Nc1ccccc1)C(=O)N(Cc1ccccc1)c1ccccc1. The van der Waals surface area contributed by atoms with Crippen molar-refractivity contribution in [1.29, 1.82) is 0 Å². The summed E-state index contributed by atoms with van der Waals surface area (Å²) in [5.74, 6) is 0.0863. The largest absolute Gasteiger partial charge is 0.325 e. The van der Waals surface area contributed by atoms with Crippen LogP contribution in [0.4, 0.5) is 11.4 Å². The van der Waals surface area contributed by atoms with Crippen LogP contribution in [0.25, 0.3) is 0 Å². The van der Waals surface area contributed by atoms with E-state index in [1.165, 1.54) is 11.8 Å². The van der Waals surface area contributed by atoms with Gasteiger partial charge in [-0.25, -0.2) is 0 Å². The molecule has 0 aromatic heterocycles. The van der Waals surface area contributed by atoms with E-state index in [0.29, 0.717) is 6.54 Å². The Morgan fingerprint density at radius 1 is 0.862 bits per heavy atom. The highest BCUT2D eigenvalue weighted by molar-refractivity contribution is 8.01. The van der Waals surface area contributed by atoms with Crippen molar-refractivity contribution in [3.63, 3.8) is 0 Å². The van der Waals surface area contributed by atoms with Crippen LogP contribution in [0.15, 0.2) is 91.0 Å². The average molecular weight is 405 g/mol. The quantitative estimate of drug-likeness (QED) is 0.576. The zero-order chi connectivity index (χ0) is 20.5. The number of carbonyl (C=O) groups excluding carboxylic acids is 2. The molecule has 1 unspecified atom stereocenters. The second-order valence-electron chi connectivity index (χ2n) is 6.61. The molecule has 0 saturated heterocycles. The summed E-state index contributed by atoms with van der Waals surface area (Å²) in [6, 6.07) is 28.9. The van der Waals surface area contributed by atoms with Gasteiger partial charge in [0.2, 0.25) is 11.8 Å². The molecule has 148 valence electrons. The smallest absolute Gasteiger partial charge is 0.240 e. The summed E-state index contributed by atoms with van der Waals surface area (Å²) in [6.07, 6.45) is 0. The highest BCUT2D eigenvalue weighted by atomic mass is 32.2. The molecule has 0 aliphatic rings. The number of thioether (sulfide) groups is 1. The Morgan fingerprint density at radius 3 is 2.03 bits per heavy atom. The van der Waals surface area contributed by atoms with Crippen molar-refractivity contribution in [2.45, 2.75) is 18.7 Å². The number of amides is 2. The van der Waals surface area contributed by atoms with Crippen LogP contribution in [0.2, 0.25) is 0 Å². The van der Waals surface area contributed by atoms with Gasteiger partial charge in [-0.2, -0.15) is 0 Å². The third kappa shape index (κ3) is 6.22. The minimum Gasteiger partial charge on any atom is -0.325 e. The van der Waals surface area contributed by atoms with Gasteiger partial charge in [0, 0.05) is 11.4 Å². The van der Waals surface area contributed by atoms with Gasteiger partial charge >= 0.3 is 0 Å². The first-order chi connectivity index (χ1) is 14.1. The van der Waals surface area contributed by atoms with Crippen LogP contribution in [-0.4, -0.2) is 22.8 Å². The van der Waals surface area contributed by atoms with Gasteiger partial charge in [-0.3, -0.25) is 9.59 Å². The van der Waals surface area contributed by atoms with E-state index in [1.807, 2.05) is 97.9 Å². The molecule has 29 heavy (non-hydrogen) atoms. The minimum atomic E-state index is -0.347. The van der Waals surface area contributed by atoms with Gasteiger partial charge in [0.25, 0.3) is 0 Å². The maximum atomic E-state index is 13.2. The third-order valence-electron chi connectivity index (χ3n) is 4.39. The lowest BCUT2D eigenvalue weighted by atomic mass is 10.2. The van der Waals surface area contributed by atoms with E-state index in [4.69, 9.17) is 0 Å². The molecule has 0 fully saturated rings. The standard InChI is InChI=1S/C24H24N2O2S/c1-19(29-18-23(27)25-21-13-7-3-8-14-21)24(28)26(22-15-9-4-10-16-22)17-20-11-5-2-6-12-20/h2-16,19H,17-18H2,1H3,(H,25,27). The topological polar surface area (TPSA) is 49.4 Å². The van der Waals surface area contributed by atoms with Crippen LogP contribution in [0.3, 0.4) is 0 Å². The summed E-state index contributed by atoms with van der Waals surface area (Å²) in [7, 11) is 0. The zero-order valence-electron chi connectivity index (χ0n) is 16.3. The van der Waals surface area contributed by atoms with E-state index in [2.05, 4.69) is 5.32 Å². The Morgan fingerprint density at radius 2 is 1.41 bits per heavy atom. The number of anilines is 2. The lowest BCUT2D eigenvalue weighted by Gasteiger charge is -2.26. The molecule has 5 heteroatoms. The van der Waals surface area contributed by atoms with Gasteiger partial charge in [0.05, 0.1) is 17.5 Å². The molecule has 0 spiro atoms. The third-order valence-corrected chi connectivity index (χ3v) is 5.52. The van der Waals surface area contributed by atoms with Gasteiger partial charge < -0.3 is 10.2 Å². The molecule has 3 aromatic rings. The Hall–Kier alpha value is -3.05. The van der Waals surface area contributed by atoms with Crippen molar-refractivity contribution in [2.24, 2.45) is 0 Å². The van der Waals surface area contributed by atoms with Crippen LogP contribution in [0.5, 0.6) is 0 Å². The predicted octanol–water partition coefficient (Wildman–Crippen LogP) is 4.98. The Balaban J connectivity index is 1.64. The second kappa shape index (κ2) is 10.5. The van der Waals surface area contributed by atoms with E-state index >= 15 is 0 Å². The van der Waals surface area contributed by atoms with Crippen molar-refractivity contribution < 1.29 is 9.59 Å². The molecule has 0 aliphatic carbocycles. The van der Waals surface area contributed by atoms with Crippen molar-refractivity contribution in [1.82, 2.24) is 0 Å². The number of nitrogens with one attached hydrogen (secondary N) is 1. The fourth-order valence-electron chi connectivity index (χ4n) is 2.88. The van der Waals surface area contributed by atoms with E-state index in [-0.39, 0.29) is 22.8 Å². The zero-order valence-corrected chi connectivity index (χ0v) is 17.1. The second-order valence-corrected chi connectivity index (χ2v) is 7.94. The van der Waals surface area contributed by atoms with Crippen LogP contribution < -0.4 is 10.2 Å². The van der Waals surface area contributed by atoms with E-state index in [9.17, 15) is 9.59 Å². The van der Waals surface area contributed by atoms with E-state index in [1.54, 1.807) is 4.90 Å². The maximum Gasteiger partial charge on any atom is 0.240 e. The monoisotopic (exact) mass is 404 g/mol. The highest BCUT2D eigenvalue weighted by Gasteiger charge is 2.23. The first kappa shape index (κ1) is 20.7. The molecule has 0 radical (unpaired) electrons. The van der Waals surface area contributed by atoms with Crippen LogP contribution in [-0.2, 0) is 16.1 Å². The van der Waals surface area contributed by atoms with Crippen LogP contribution in [0, 0.1) is 0 Å². The van der Waals surface area contributed by atoms with E-state index in [0.717, 1.165) is 16.9 Å². The molecule has 0 bridgehead atoms. The van der Waals surface area contributed by atoms with Crippen molar-refractivity contribution >= 4 is 35.0 Å².